The Bertz CT molecular complexity index is 598. The van der Waals surface area contributed by atoms with Crippen LogP contribution >= 0.6 is 23.2 Å². The maximum Gasteiger partial charge on any atom is 0.134 e. The van der Waals surface area contributed by atoms with Gasteiger partial charge in [0, 0.05) is 0 Å². The summed E-state index contributed by atoms with van der Waals surface area (Å²) in [5, 5.41) is 20.4. The minimum atomic E-state index is 0.103. The lowest BCUT2D eigenvalue weighted by atomic mass is 9.78. The lowest BCUT2D eigenvalue weighted by Gasteiger charge is -2.26. The molecule has 0 saturated heterocycles. The van der Waals surface area contributed by atoms with Gasteiger partial charge < -0.3 is 10.2 Å². The van der Waals surface area contributed by atoms with Gasteiger partial charge in [-0.3, -0.25) is 0 Å². The van der Waals surface area contributed by atoms with Crippen LogP contribution in [0.25, 0.3) is 0 Å². The van der Waals surface area contributed by atoms with Crippen LogP contribution in [0.5, 0.6) is 11.5 Å². The zero-order valence-electron chi connectivity index (χ0n) is 12.7. The molecule has 22 heavy (non-hydrogen) atoms. The van der Waals surface area contributed by atoms with Crippen LogP contribution in [0.15, 0.2) is 36.4 Å². The van der Waals surface area contributed by atoms with Crippen molar-refractivity contribution in [1.82, 2.24) is 0 Å². The van der Waals surface area contributed by atoms with E-state index in [1.165, 1.54) is 0 Å². The van der Waals surface area contributed by atoms with Crippen molar-refractivity contribution in [2.75, 3.05) is 0 Å². The van der Waals surface area contributed by atoms with Crippen LogP contribution in [0.2, 0.25) is 10.0 Å². The first-order valence-corrected chi connectivity index (χ1v) is 8.20. The van der Waals surface area contributed by atoms with Crippen molar-refractivity contribution >= 4 is 23.2 Å². The molecule has 0 spiro atoms. The molecule has 118 valence electrons. The van der Waals surface area contributed by atoms with E-state index in [9.17, 15) is 10.2 Å². The van der Waals surface area contributed by atoms with E-state index in [2.05, 4.69) is 13.8 Å². The molecule has 0 radical (unpaired) electrons. The van der Waals surface area contributed by atoms with E-state index in [1.807, 2.05) is 12.1 Å². The Hall–Kier alpha value is -1.38. The molecule has 0 aliphatic carbocycles. The first-order chi connectivity index (χ1) is 10.5. The van der Waals surface area contributed by atoms with Crippen molar-refractivity contribution in [2.24, 2.45) is 0 Å². The number of aromatic hydroxyl groups is 2. The Labute approximate surface area is 141 Å². The summed E-state index contributed by atoms with van der Waals surface area (Å²) in [6.07, 6.45) is 1.84. The predicted octanol–water partition coefficient (Wildman–Crippen LogP) is 6.09. The van der Waals surface area contributed by atoms with Gasteiger partial charge in [-0.15, -0.1) is 0 Å². The van der Waals surface area contributed by atoms with Crippen LogP contribution in [0.3, 0.4) is 0 Å². The number of phenolic OH excluding ortho intramolecular Hbond substituents is 2. The molecule has 0 aliphatic heterocycles. The Balaban J connectivity index is 2.41. The molecular formula is C18H20Cl2O2. The van der Waals surface area contributed by atoms with Crippen molar-refractivity contribution in [3.8, 4) is 11.5 Å². The third kappa shape index (κ3) is 3.50. The van der Waals surface area contributed by atoms with Gasteiger partial charge in [-0.1, -0.05) is 49.2 Å². The van der Waals surface area contributed by atoms with Gasteiger partial charge in [0.25, 0.3) is 0 Å². The van der Waals surface area contributed by atoms with Crippen LogP contribution in [-0.4, -0.2) is 10.2 Å². The highest BCUT2D eigenvalue weighted by atomic mass is 35.5. The van der Waals surface area contributed by atoms with Crippen molar-refractivity contribution in [2.45, 2.75) is 38.5 Å². The highest BCUT2D eigenvalue weighted by molar-refractivity contribution is 6.32. The maximum atomic E-state index is 9.86. The number of phenols is 2. The Morgan fingerprint density at radius 1 is 0.773 bits per heavy atom. The summed E-state index contributed by atoms with van der Waals surface area (Å²) in [4.78, 5) is 0. The van der Waals surface area contributed by atoms with Crippen LogP contribution in [0.4, 0.5) is 0 Å². The summed E-state index contributed by atoms with van der Waals surface area (Å²) in [7, 11) is 0. The molecule has 0 saturated carbocycles. The number of rotatable bonds is 5. The first-order valence-electron chi connectivity index (χ1n) is 7.44. The molecule has 0 fully saturated rings. The zero-order valence-corrected chi connectivity index (χ0v) is 14.2. The Kier molecular flexibility index (Phi) is 5.60. The molecular weight excluding hydrogens is 319 g/mol. The molecule has 2 aromatic carbocycles. The normalized spacial score (nSPS) is 13.8. The summed E-state index contributed by atoms with van der Waals surface area (Å²) in [5.74, 6) is 0.667. The van der Waals surface area contributed by atoms with Crippen molar-refractivity contribution < 1.29 is 10.2 Å². The molecule has 0 amide bonds. The van der Waals surface area contributed by atoms with E-state index in [1.54, 1.807) is 24.3 Å². The third-order valence-corrected chi connectivity index (χ3v) is 4.80. The number of halogens is 2. The molecule has 2 unspecified atom stereocenters. The highest BCUT2D eigenvalue weighted by Crippen LogP contribution is 2.41. The monoisotopic (exact) mass is 338 g/mol. The van der Waals surface area contributed by atoms with Gasteiger partial charge in [-0.05, 0) is 60.1 Å². The van der Waals surface area contributed by atoms with Crippen LogP contribution in [-0.2, 0) is 0 Å². The largest absolute Gasteiger partial charge is 0.506 e. The maximum absolute atomic E-state index is 9.86. The van der Waals surface area contributed by atoms with E-state index >= 15 is 0 Å². The minimum Gasteiger partial charge on any atom is -0.506 e. The van der Waals surface area contributed by atoms with Gasteiger partial charge in [0.2, 0.25) is 0 Å². The average Bonchev–Trinajstić information content (AvgIpc) is 2.50. The van der Waals surface area contributed by atoms with Gasteiger partial charge in [-0.25, -0.2) is 0 Å². The number of hydrogen-bond donors (Lipinski definition) is 2. The molecule has 2 N–H and O–H groups in total. The fraction of sp³-hybridized carbons (Fsp3) is 0.333. The molecule has 2 rings (SSSR count). The minimum absolute atomic E-state index is 0.103. The summed E-state index contributed by atoms with van der Waals surface area (Å²) in [5.41, 5.74) is 2.09. The fourth-order valence-corrected chi connectivity index (χ4v) is 3.26. The Morgan fingerprint density at radius 2 is 1.14 bits per heavy atom. The molecule has 2 atom stereocenters. The van der Waals surface area contributed by atoms with E-state index < -0.39 is 0 Å². The predicted molar refractivity (Wildman–Crippen MR) is 92.3 cm³/mol. The topological polar surface area (TPSA) is 40.5 Å². The lowest BCUT2D eigenvalue weighted by molar-refractivity contribution is 0.463. The summed E-state index contributed by atoms with van der Waals surface area (Å²) < 4.78 is 0. The summed E-state index contributed by atoms with van der Waals surface area (Å²) in [6.45, 7) is 4.24. The van der Waals surface area contributed by atoms with Crippen molar-refractivity contribution in [3.63, 3.8) is 0 Å². The SMILES string of the molecule is CCC(c1ccc(Cl)c(O)c1)C(CC)c1ccc(Cl)c(O)c1. The van der Waals surface area contributed by atoms with Gasteiger partial charge >= 0.3 is 0 Å². The van der Waals surface area contributed by atoms with Crippen LogP contribution in [0.1, 0.15) is 49.7 Å². The van der Waals surface area contributed by atoms with Gasteiger partial charge in [0.1, 0.15) is 11.5 Å². The third-order valence-electron chi connectivity index (χ3n) is 4.16. The molecule has 2 aromatic rings. The number of benzene rings is 2. The molecule has 0 heterocycles. The van der Waals surface area contributed by atoms with Crippen LogP contribution < -0.4 is 0 Å². The van der Waals surface area contributed by atoms with E-state index in [4.69, 9.17) is 23.2 Å². The van der Waals surface area contributed by atoms with Crippen LogP contribution in [0, 0.1) is 0 Å². The molecule has 0 aliphatic rings. The van der Waals surface area contributed by atoms with Gasteiger partial charge in [0.05, 0.1) is 10.0 Å². The van der Waals surface area contributed by atoms with Crippen molar-refractivity contribution in [3.05, 3.63) is 57.6 Å². The second kappa shape index (κ2) is 7.26. The smallest absolute Gasteiger partial charge is 0.134 e. The van der Waals surface area contributed by atoms with Gasteiger partial charge in [0.15, 0.2) is 0 Å². The number of hydrogen-bond acceptors (Lipinski definition) is 2. The molecule has 0 aromatic heterocycles. The first kappa shape index (κ1) is 17.0. The summed E-state index contributed by atoms with van der Waals surface area (Å²) >= 11 is 11.8. The van der Waals surface area contributed by atoms with E-state index in [-0.39, 0.29) is 23.3 Å². The fourth-order valence-electron chi connectivity index (χ4n) is 3.03. The standard InChI is InChI=1S/C18H20Cl2O2/c1-3-13(11-5-7-15(19)17(21)9-11)14(4-2)12-6-8-16(20)18(22)10-12/h5-10,13-14,21-22H,3-4H2,1-2H3. The second-order valence-corrected chi connectivity index (χ2v) is 6.27. The van der Waals surface area contributed by atoms with Crippen molar-refractivity contribution in [1.29, 1.82) is 0 Å². The van der Waals surface area contributed by atoms with E-state index in [0.29, 0.717) is 10.0 Å². The lowest BCUT2D eigenvalue weighted by Crippen LogP contribution is -2.10. The average molecular weight is 339 g/mol. The highest BCUT2D eigenvalue weighted by Gasteiger charge is 2.23. The second-order valence-electron chi connectivity index (χ2n) is 5.45. The molecule has 4 heteroatoms. The Morgan fingerprint density at radius 3 is 1.41 bits per heavy atom. The quantitative estimate of drug-likeness (QED) is 0.692. The zero-order chi connectivity index (χ0) is 16.3. The summed E-state index contributed by atoms with van der Waals surface area (Å²) in [6, 6.07) is 10.8. The molecule has 2 nitrogen and oxygen atoms in total. The van der Waals surface area contributed by atoms with Gasteiger partial charge in [-0.2, -0.15) is 0 Å². The molecule has 0 bridgehead atoms. The van der Waals surface area contributed by atoms with E-state index in [0.717, 1.165) is 24.0 Å².